The second kappa shape index (κ2) is 3.23. The summed E-state index contributed by atoms with van der Waals surface area (Å²) in [5.74, 6) is -0.395. The van der Waals surface area contributed by atoms with Crippen molar-refractivity contribution in [3.05, 3.63) is 30.3 Å². The molecule has 0 spiro atoms. The van der Waals surface area contributed by atoms with Crippen molar-refractivity contribution >= 4 is 17.3 Å². The number of amides is 1. The summed E-state index contributed by atoms with van der Waals surface area (Å²) in [7, 11) is 0. The van der Waals surface area contributed by atoms with Crippen LogP contribution in [0.2, 0.25) is 0 Å². The molecule has 4 heteroatoms. The number of rotatable bonds is 1. The first-order valence-corrected chi connectivity index (χ1v) is 4.32. The van der Waals surface area contributed by atoms with Crippen molar-refractivity contribution in [2.24, 2.45) is 5.10 Å². The lowest BCUT2D eigenvalue weighted by atomic mass is 10.2. The number of nitrogens with zero attached hydrogens (tertiary/aromatic N) is 2. The fraction of sp³-hybridized carbons (Fsp3) is 0.200. The van der Waals surface area contributed by atoms with Gasteiger partial charge in [-0.05, 0) is 19.1 Å². The number of aliphatic hydroxyl groups excluding tert-OH is 1. The summed E-state index contributed by atoms with van der Waals surface area (Å²) in [6.07, 6.45) is -1.09. The quantitative estimate of drug-likeness (QED) is 0.711. The van der Waals surface area contributed by atoms with Crippen molar-refractivity contribution in [3.63, 3.8) is 0 Å². The van der Waals surface area contributed by atoms with E-state index in [0.717, 1.165) is 0 Å². The number of hydrogen-bond acceptors (Lipinski definition) is 3. The molecule has 1 aromatic carbocycles. The molecule has 1 aliphatic heterocycles. The van der Waals surface area contributed by atoms with Crippen LogP contribution in [0.5, 0.6) is 0 Å². The van der Waals surface area contributed by atoms with Crippen molar-refractivity contribution < 1.29 is 9.90 Å². The van der Waals surface area contributed by atoms with Gasteiger partial charge in [0.1, 0.15) is 0 Å². The highest BCUT2D eigenvalue weighted by Crippen LogP contribution is 2.19. The summed E-state index contributed by atoms with van der Waals surface area (Å²) in [6, 6.07) is 9.03. The van der Waals surface area contributed by atoms with E-state index in [-0.39, 0.29) is 0 Å². The minimum atomic E-state index is -1.09. The molecule has 0 aromatic heterocycles. The number of benzene rings is 1. The maximum Gasteiger partial charge on any atom is 0.282 e. The van der Waals surface area contributed by atoms with Crippen molar-refractivity contribution in [3.8, 4) is 0 Å². The molecule has 0 saturated heterocycles. The van der Waals surface area contributed by atoms with Crippen molar-refractivity contribution in [2.75, 3.05) is 5.01 Å². The van der Waals surface area contributed by atoms with Gasteiger partial charge in [-0.25, -0.2) is 0 Å². The van der Waals surface area contributed by atoms with Crippen LogP contribution in [0.25, 0.3) is 0 Å². The van der Waals surface area contributed by atoms with Gasteiger partial charge in [0.15, 0.2) is 6.10 Å². The lowest BCUT2D eigenvalue weighted by Gasteiger charge is -2.11. The van der Waals surface area contributed by atoms with Gasteiger partial charge in [-0.1, -0.05) is 18.2 Å². The predicted octanol–water partition coefficient (Wildman–Crippen LogP) is 0.770. The molecule has 1 unspecified atom stereocenters. The Morgan fingerprint density at radius 1 is 1.36 bits per heavy atom. The summed E-state index contributed by atoms with van der Waals surface area (Å²) in [4.78, 5) is 11.5. The zero-order valence-electron chi connectivity index (χ0n) is 7.71. The van der Waals surface area contributed by atoms with E-state index in [0.29, 0.717) is 11.4 Å². The van der Waals surface area contributed by atoms with Gasteiger partial charge < -0.3 is 5.11 Å². The Bertz CT molecular complexity index is 386. The largest absolute Gasteiger partial charge is 0.377 e. The molecule has 0 saturated carbocycles. The molecule has 14 heavy (non-hydrogen) atoms. The maximum absolute atomic E-state index is 11.5. The van der Waals surface area contributed by atoms with E-state index in [2.05, 4.69) is 5.10 Å². The second-order valence-corrected chi connectivity index (χ2v) is 3.13. The number of carbonyl (C=O) groups is 1. The summed E-state index contributed by atoms with van der Waals surface area (Å²) in [5.41, 5.74) is 1.10. The van der Waals surface area contributed by atoms with Gasteiger partial charge in [0, 0.05) is 0 Å². The van der Waals surface area contributed by atoms with Crippen LogP contribution in [0, 0.1) is 0 Å². The van der Waals surface area contributed by atoms with Gasteiger partial charge in [0.25, 0.3) is 5.91 Å². The molecular weight excluding hydrogens is 180 g/mol. The van der Waals surface area contributed by atoms with Gasteiger partial charge in [-0.2, -0.15) is 10.1 Å². The topological polar surface area (TPSA) is 52.9 Å². The molecule has 1 heterocycles. The van der Waals surface area contributed by atoms with E-state index in [1.807, 2.05) is 18.2 Å². The minimum absolute atomic E-state index is 0.395. The zero-order chi connectivity index (χ0) is 10.1. The van der Waals surface area contributed by atoms with E-state index in [9.17, 15) is 9.90 Å². The number of hydrogen-bond donors (Lipinski definition) is 1. The van der Waals surface area contributed by atoms with E-state index in [4.69, 9.17) is 0 Å². The van der Waals surface area contributed by atoms with E-state index in [1.165, 1.54) is 5.01 Å². The van der Waals surface area contributed by atoms with Crippen LogP contribution in [0.1, 0.15) is 6.92 Å². The number of anilines is 1. The molecule has 0 aliphatic carbocycles. The summed E-state index contributed by atoms with van der Waals surface area (Å²) in [6.45, 7) is 1.63. The second-order valence-electron chi connectivity index (χ2n) is 3.13. The normalized spacial score (nSPS) is 21.3. The maximum atomic E-state index is 11.5. The van der Waals surface area contributed by atoms with Gasteiger partial charge in [-0.3, -0.25) is 4.79 Å². The molecule has 1 amide bonds. The number of hydrazone groups is 1. The average molecular weight is 190 g/mol. The Morgan fingerprint density at radius 2 is 2.00 bits per heavy atom. The van der Waals surface area contributed by atoms with Crippen molar-refractivity contribution in [2.45, 2.75) is 13.0 Å². The minimum Gasteiger partial charge on any atom is -0.377 e. The predicted molar refractivity (Wildman–Crippen MR) is 53.0 cm³/mol. The highest BCUT2D eigenvalue weighted by molar-refractivity contribution is 6.16. The molecule has 72 valence electrons. The van der Waals surface area contributed by atoms with E-state index >= 15 is 0 Å². The summed E-state index contributed by atoms with van der Waals surface area (Å²) in [5, 5.41) is 14.6. The SMILES string of the molecule is CC1=NN(c2ccccc2)C(=O)C1O. The molecule has 1 aromatic rings. The average Bonchev–Trinajstić information content (AvgIpc) is 2.47. The van der Waals surface area contributed by atoms with Gasteiger partial charge in [0.05, 0.1) is 11.4 Å². The van der Waals surface area contributed by atoms with Gasteiger partial charge in [-0.15, -0.1) is 0 Å². The first-order valence-electron chi connectivity index (χ1n) is 4.32. The third kappa shape index (κ3) is 1.29. The van der Waals surface area contributed by atoms with Crippen LogP contribution < -0.4 is 5.01 Å². The number of carbonyl (C=O) groups excluding carboxylic acids is 1. The van der Waals surface area contributed by atoms with Crippen molar-refractivity contribution in [1.82, 2.24) is 0 Å². The van der Waals surface area contributed by atoms with Crippen LogP contribution in [-0.4, -0.2) is 22.8 Å². The Kier molecular flexibility index (Phi) is 2.05. The molecule has 0 bridgehead atoms. The Labute approximate surface area is 81.5 Å². The van der Waals surface area contributed by atoms with Gasteiger partial charge in [0.2, 0.25) is 0 Å². The van der Waals surface area contributed by atoms with E-state index < -0.39 is 12.0 Å². The monoisotopic (exact) mass is 190 g/mol. The number of aliphatic hydroxyl groups is 1. The molecule has 2 rings (SSSR count). The lowest BCUT2D eigenvalue weighted by Crippen LogP contribution is -2.30. The number of para-hydroxylation sites is 1. The Morgan fingerprint density at radius 3 is 2.50 bits per heavy atom. The molecule has 0 radical (unpaired) electrons. The highest BCUT2D eigenvalue weighted by atomic mass is 16.3. The molecule has 4 nitrogen and oxygen atoms in total. The molecule has 1 aliphatic rings. The van der Waals surface area contributed by atoms with Crippen LogP contribution in [-0.2, 0) is 4.79 Å². The highest BCUT2D eigenvalue weighted by Gasteiger charge is 2.32. The lowest BCUT2D eigenvalue weighted by molar-refractivity contribution is -0.122. The van der Waals surface area contributed by atoms with Crippen molar-refractivity contribution in [1.29, 1.82) is 0 Å². The van der Waals surface area contributed by atoms with Crippen LogP contribution in [0.15, 0.2) is 35.4 Å². The third-order valence-corrected chi connectivity index (χ3v) is 2.10. The smallest absolute Gasteiger partial charge is 0.282 e. The Hall–Kier alpha value is -1.68. The first kappa shape index (κ1) is 8.90. The first-order chi connectivity index (χ1) is 6.70. The molecular formula is C10H10N2O2. The standard InChI is InChI=1S/C10H10N2O2/c1-7-9(13)10(14)12(11-7)8-5-3-2-4-6-8/h2-6,9,13H,1H3. The molecule has 1 N–H and O–H groups in total. The fourth-order valence-corrected chi connectivity index (χ4v) is 1.31. The molecule has 1 atom stereocenters. The molecule has 0 fully saturated rings. The third-order valence-electron chi connectivity index (χ3n) is 2.10. The van der Waals surface area contributed by atoms with Crippen LogP contribution in [0.3, 0.4) is 0 Å². The van der Waals surface area contributed by atoms with Crippen LogP contribution in [0.4, 0.5) is 5.69 Å². The van der Waals surface area contributed by atoms with Gasteiger partial charge >= 0.3 is 0 Å². The fourth-order valence-electron chi connectivity index (χ4n) is 1.31. The Balaban J connectivity index is 2.35. The zero-order valence-corrected chi connectivity index (χ0v) is 7.71. The summed E-state index contributed by atoms with van der Waals surface area (Å²) >= 11 is 0. The van der Waals surface area contributed by atoms with Crippen LogP contribution >= 0.6 is 0 Å². The summed E-state index contributed by atoms with van der Waals surface area (Å²) < 4.78 is 0. The van der Waals surface area contributed by atoms with E-state index in [1.54, 1.807) is 19.1 Å².